The highest BCUT2D eigenvalue weighted by Gasteiger charge is 2.15. The van der Waals surface area contributed by atoms with Gasteiger partial charge in [0, 0.05) is 10.2 Å². The van der Waals surface area contributed by atoms with Crippen molar-refractivity contribution in [3.05, 3.63) is 46.7 Å². The van der Waals surface area contributed by atoms with Gasteiger partial charge in [-0.05, 0) is 36.4 Å². The zero-order valence-electron chi connectivity index (χ0n) is 10.1. The van der Waals surface area contributed by atoms with Crippen molar-refractivity contribution in [3.63, 3.8) is 0 Å². The fourth-order valence-corrected chi connectivity index (χ4v) is 2.70. The van der Waals surface area contributed by atoms with Crippen LogP contribution in [-0.2, 0) is 10.0 Å². The number of anilines is 3. The molecule has 5 N–H and O–H groups in total. The lowest BCUT2D eigenvalue weighted by Crippen LogP contribution is -2.14. The van der Waals surface area contributed by atoms with E-state index in [1.807, 2.05) is 0 Å². The molecule has 0 spiro atoms. The third-order valence-corrected chi connectivity index (χ3v) is 3.95. The van der Waals surface area contributed by atoms with E-state index in [0.717, 1.165) is 0 Å². The number of sulfonamides is 1. The Balaban J connectivity index is 2.52. The summed E-state index contributed by atoms with van der Waals surface area (Å²) in [6, 6.07) is 8.40. The molecule has 0 heterocycles. The number of hydrogen-bond acceptors (Lipinski definition) is 4. The molecule has 0 aliphatic carbocycles. The van der Waals surface area contributed by atoms with Crippen molar-refractivity contribution in [2.45, 2.75) is 4.90 Å². The van der Waals surface area contributed by atoms with Gasteiger partial charge in [-0.25, -0.2) is 17.9 Å². The number of benzene rings is 2. The van der Waals surface area contributed by atoms with Crippen molar-refractivity contribution >= 4 is 43.0 Å². The summed E-state index contributed by atoms with van der Waals surface area (Å²) in [7, 11) is -3.98. The third kappa shape index (κ3) is 3.27. The summed E-state index contributed by atoms with van der Waals surface area (Å²) in [5.41, 5.74) is 6.06. The van der Waals surface area contributed by atoms with E-state index in [1.165, 1.54) is 36.4 Å². The maximum absolute atomic E-state index is 13.7. The van der Waals surface area contributed by atoms with Gasteiger partial charge in [-0.1, -0.05) is 15.9 Å². The summed E-state index contributed by atoms with van der Waals surface area (Å²) in [4.78, 5) is -0.197. The van der Waals surface area contributed by atoms with E-state index in [0.29, 0.717) is 4.47 Å². The highest BCUT2D eigenvalue weighted by atomic mass is 79.9. The maximum atomic E-state index is 13.7. The molecule has 0 unspecified atom stereocenters. The van der Waals surface area contributed by atoms with Crippen LogP contribution in [0.4, 0.5) is 21.5 Å². The molecule has 0 bridgehead atoms. The number of rotatable bonds is 3. The SMILES string of the molecule is Nc1ccc(Nc2cc(Br)ccc2F)c(S(N)(=O)=O)c1. The summed E-state index contributed by atoms with van der Waals surface area (Å²) >= 11 is 3.21. The summed E-state index contributed by atoms with van der Waals surface area (Å²) < 4.78 is 37.4. The fourth-order valence-electron chi connectivity index (χ4n) is 1.62. The van der Waals surface area contributed by atoms with Crippen LogP contribution in [0.3, 0.4) is 0 Å². The highest BCUT2D eigenvalue weighted by Crippen LogP contribution is 2.29. The smallest absolute Gasteiger partial charge is 0.240 e. The first-order valence-electron chi connectivity index (χ1n) is 5.42. The van der Waals surface area contributed by atoms with Crippen LogP contribution >= 0.6 is 15.9 Å². The lowest BCUT2D eigenvalue weighted by Gasteiger charge is -2.12. The lowest BCUT2D eigenvalue weighted by atomic mass is 10.2. The molecule has 2 aromatic carbocycles. The van der Waals surface area contributed by atoms with Gasteiger partial charge in [0.05, 0.1) is 11.4 Å². The average molecular weight is 360 g/mol. The van der Waals surface area contributed by atoms with Gasteiger partial charge in [-0.15, -0.1) is 0 Å². The van der Waals surface area contributed by atoms with Crippen LogP contribution in [0.1, 0.15) is 0 Å². The number of halogens is 2. The molecule has 2 rings (SSSR count). The second-order valence-electron chi connectivity index (χ2n) is 4.05. The second kappa shape index (κ2) is 5.39. The normalized spacial score (nSPS) is 11.3. The summed E-state index contributed by atoms with van der Waals surface area (Å²) in [5, 5.41) is 7.82. The highest BCUT2D eigenvalue weighted by molar-refractivity contribution is 9.10. The molecule has 0 saturated carbocycles. The van der Waals surface area contributed by atoms with Crippen LogP contribution in [0.15, 0.2) is 45.8 Å². The lowest BCUT2D eigenvalue weighted by molar-refractivity contribution is 0.598. The standard InChI is InChI=1S/C12H11BrFN3O2S/c13-7-1-3-9(14)11(5-7)17-10-4-2-8(15)6-12(10)20(16,18)19/h1-6,17H,15H2,(H2,16,18,19). The molecular weight excluding hydrogens is 349 g/mol. The molecule has 0 fully saturated rings. The van der Waals surface area contributed by atoms with Crippen LogP contribution in [0.5, 0.6) is 0 Å². The minimum atomic E-state index is -3.98. The maximum Gasteiger partial charge on any atom is 0.240 e. The monoisotopic (exact) mass is 359 g/mol. The van der Waals surface area contributed by atoms with E-state index in [2.05, 4.69) is 21.2 Å². The molecule has 0 aromatic heterocycles. The van der Waals surface area contributed by atoms with Crippen LogP contribution in [0.25, 0.3) is 0 Å². The molecule has 2 aromatic rings. The van der Waals surface area contributed by atoms with Gasteiger partial charge in [0.25, 0.3) is 0 Å². The molecule has 20 heavy (non-hydrogen) atoms. The van der Waals surface area contributed by atoms with E-state index in [4.69, 9.17) is 10.9 Å². The molecule has 0 amide bonds. The topological polar surface area (TPSA) is 98.2 Å². The number of hydrogen-bond donors (Lipinski definition) is 3. The van der Waals surface area contributed by atoms with Crippen LogP contribution < -0.4 is 16.2 Å². The van der Waals surface area contributed by atoms with E-state index in [-0.39, 0.29) is 22.0 Å². The Bertz CT molecular complexity index is 765. The number of nitrogens with two attached hydrogens (primary N) is 2. The zero-order valence-corrected chi connectivity index (χ0v) is 12.5. The Hall–Kier alpha value is -1.64. The Kier molecular flexibility index (Phi) is 3.98. The predicted molar refractivity (Wildman–Crippen MR) is 79.6 cm³/mol. The van der Waals surface area contributed by atoms with Gasteiger partial charge in [0.15, 0.2) is 0 Å². The Morgan fingerprint density at radius 1 is 1.10 bits per heavy atom. The number of nitrogen functional groups attached to an aromatic ring is 1. The van der Waals surface area contributed by atoms with Gasteiger partial charge in [-0.2, -0.15) is 0 Å². The molecule has 5 nitrogen and oxygen atoms in total. The van der Waals surface area contributed by atoms with E-state index >= 15 is 0 Å². The van der Waals surface area contributed by atoms with Crippen molar-refractivity contribution in [2.24, 2.45) is 5.14 Å². The van der Waals surface area contributed by atoms with Crippen molar-refractivity contribution in [1.29, 1.82) is 0 Å². The van der Waals surface area contributed by atoms with Crippen molar-refractivity contribution in [2.75, 3.05) is 11.1 Å². The third-order valence-electron chi connectivity index (χ3n) is 2.51. The Labute approximate surface area is 124 Å². The predicted octanol–water partition coefficient (Wildman–Crippen LogP) is 2.56. The van der Waals surface area contributed by atoms with Gasteiger partial charge >= 0.3 is 0 Å². The van der Waals surface area contributed by atoms with E-state index in [9.17, 15) is 12.8 Å². The van der Waals surface area contributed by atoms with Gasteiger partial charge in [0.2, 0.25) is 10.0 Å². The average Bonchev–Trinajstić information content (AvgIpc) is 2.34. The Morgan fingerprint density at radius 3 is 2.45 bits per heavy atom. The first kappa shape index (κ1) is 14.8. The largest absolute Gasteiger partial charge is 0.399 e. The van der Waals surface area contributed by atoms with Crippen LogP contribution in [0.2, 0.25) is 0 Å². The summed E-state index contributed by atoms with van der Waals surface area (Å²) in [6.07, 6.45) is 0. The summed E-state index contributed by atoms with van der Waals surface area (Å²) in [5.74, 6) is -0.523. The molecule has 0 aliphatic heterocycles. The minimum Gasteiger partial charge on any atom is -0.399 e. The fraction of sp³-hybridized carbons (Fsp3) is 0. The zero-order chi connectivity index (χ0) is 14.9. The van der Waals surface area contributed by atoms with Gasteiger partial charge in [-0.3, -0.25) is 0 Å². The summed E-state index contributed by atoms with van der Waals surface area (Å²) in [6.45, 7) is 0. The minimum absolute atomic E-state index is 0.119. The molecule has 0 radical (unpaired) electrons. The van der Waals surface area contributed by atoms with Crippen molar-refractivity contribution in [1.82, 2.24) is 0 Å². The molecule has 8 heteroatoms. The molecule has 0 atom stereocenters. The molecule has 106 valence electrons. The van der Waals surface area contributed by atoms with Gasteiger partial charge in [0.1, 0.15) is 10.7 Å². The van der Waals surface area contributed by atoms with E-state index in [1.54, 1.807) is 0 Å². The molecule has 0 saturated heterocycles. The Morgan fingerprint density at radius 2 is 1.80 bits per heavy atom. The second-order valence-corrected chi connectivity index (χ2v) is 6.50. The first-order valence-corrected chi connectivity index (χ1v) is 7.76. The van der Waals surface area contributed by atoms with Crippen molar-refractivity contribution in [3.8, 4) is 0 Å². The van der Waals surface area contributed by atoms with E-state index < -0.39 is 15.8 Å². The number of nitrogens with one attached hydrogen (secondary N) is 1. The first-order chi connectivity index (χ1) is 9.27. The van der Waals surface area contributed by atoms with Crippen LogP contribution in [-0.4, -0.2) is 8.42 Å². The number of primary sulfonamides is 1. The quantitative estimate of drug-likeness (QED) is 0.733. The molecular formula is C12H11BrFN3O2S. The molecule has 0 aliphatic rings. The van der Waals surface area contributed by atoms with Crippen molar-refractivity contribution < 1.29 is 12.8 Å². The van der Waals surface area contributed by atoms with Crippen LogP contribution in [0, 0.1) is 5.82 Å². The van der Waals surface area contributed by atoms with Gasteiger partial charge < -0.3 is 11.1 Å².